The third-order valence-corrected chi connectivity index (χ3v) is 2.64. The van der Waals surface area contributed by atoms with Gasteiger partial charge in [-0.15, -0.1) is 0 Å². The Labute approximate surface area is 118 Å². The Morgan fingerprint density at radius 1 is 1.25 bits per heavy atom. The summed E-state index contributed by atoms with van der Waals surface area (Å²) in [6.45, 7) is 3.99. The number of amides is 2. The van der Waals surface area contributed by atoms with Crippen LogP contribution in [0.4, 0.5) is 0 Å². The number of ether oxygens (including phenoxy) is 1. The Morgan fingerprint density at radius 3 is 2.60 bits per heavy atom. The van der Waals surface area contributed by atoms with Crippen molar-refractivity contribution in [2.45, 2.75) is 20.0 Å². The Hall–Kier alpha value is -2.08. The van der Waals surface area contributed by atoms with Crippen LogP contribution in [0.3, 0.4) is 0 Å². The molecule has 0 saturated heterocycles. The highest BCUT2D eigenvalue weighted by Gasteiger charge is 2.09. The van der Waals surface area contributed by atoms with Gasteiger partial charge in [0.1, 0.15) is 11.9 Å². The minimum atomic E-state index is -0.357. The molecular weight excluding hydrogens is 258 g/mol. The molecule has 0 radical (unpaired) electrons. The number of nitrogens with two attached hydrogens (primary N) is 1. The second kappa shape index (κ2) is 8.16. The SMILES string of the molecule is Cc1ccccc1OC(C)CNC(=O)CNC(=O)CN. The molecule has 110 valence electrons. The van der Waals surface area contributed by atoms with Crippen molar-refractivity contribution < 1.29 is 14.3 Å². The van der Waals surface area contributed by atoms with E-state index in [1.54, 1.807) is 0 Å². The van der Waals surface area contributed by atoms with Crippen molar-refractivity contribution in [3.05, 3.63) is 29.8 Å². The molecule has 0 aliphatic rings. The molecule has 4 N–H and O–H groups in total. The summed E-state index contributed by atoms with van der Waals surface area (Å²) in [6, 6.07) is 7.68. The lowest BCUT2D eigenvalue weighted by Crippen LogP contribution is -2.42. The molecule has 0 bridgehead atoms. The quantitative estimate of drug-likeness (QED) is 0.652. The molecule has 0 fully saturated rings. The molecule has 6 heteroatoms. The summed E-state index contributed by atoms with van der Waals surface area (Å²) in [5.41, 5.74) is 6.16. The first-order valence-corrected chi connectivity index (χ1v) is 6.48. The number of rotatable bonds is 7. The van der Waals surface area contributed by atoms with Crippen molar-refractivity contribution >= 4 is 11.8 Å². The molecule has 0 saturated carbocycles. The van der Waals surface area contributed by atoms with Crippen LogP contribution in [-0.2, 0) is 9.59 Å². The minimum Gasteiger partial charge on any atom is -0.489 e. The third-order valence-electron chi connectivity index (χ3n) is 2.64. The predicted molar refractivity (Wildman–Crippen MR) is 76.3 cm³/mol. The number of benzene rings is 1. The zero-order valence-corrected chi connectivity index (χ0v) is 11.8. The van der Waals surface area contributed by atoms with Gasteiger partial charge in [0.2, 0.25) is 11.8 Å². The van der Waals surface area contributed by atoms with E-state index in [1.807, 2.05) is 38.1 Å². The third kappa shape index (κ3) is 5.71. The summed E-state index contributed by atoms with van der Waals surface area (Å²) in [6.07, 6.45) is -0.162. The molecule has 2 amide bonds. The first-order chi connectivity index (χ1) is 9.52. The normalized spacial score (nSPS) is 11.6. The Kier molecular flexibility index (Phi) is 6.52. The van der Waals surface area contributed by atoms with E-state index < -0.39 is 0 Å². The van der Waals surface area contributed by atoms with Gasteiger partial charge in [-0.1, -0.05) is 18.2 Å². The van der Waals surface area contributed by atoms with E-state index in [0.29, 0.717) is 6.54 Å². The number of nitrogens with one attached hydrogen (secondary N) is 2. The predicted octanol–water partition coefficient (Wildman–Crippen LogP) is -0.0466. The second-order valence-electron chi connectivity index (χ2n) is 4.48. The van der Waals surface area contributed by atoms with Gasteiger partial charge in [-0.2, -0.15) is 0 Å². The fourth-order valence-corrected chi connectivity index (χ4v) is 1.52. The van der Waals surface area contributed by atoms with E-state index in [4.69, 9.17) is 10.5 Å². The number of hydrogen-bond donors (Lipinski definition) is 3. The van der Waals surface area contributed by atoms with E-state index in [1.165, 1.54) is 0 Å². The summed E-state index contributed by atoms with van der Waals surface area (Å²) >= 11 is 0. The minimum absolute atomic E-state index is 0.0763. The van der Waals surface area contributed by atoms with Crippen LogP contribution in [0.2, 0.25) is 0 Å². The van der Waals surface area contributed by atoms with E-state index in [2.05, 4.69) is 10.6 Å². The molecular formula is C14H21N3O3. The molecule has 1 rings (SSSR count). The lowest BCUT2D eigenvalue weighted by molar-refractivity contribution is -0.125. The van der Waals surface area contributed by atoms with Crippen molar-refractivity contribution in [1.82, 2.24) is 10.6 Å². The number of carbonyl (C=O) groups is 2. The molecule has 0 aliphatic carbocycles. The molecule has 1 aromatic rings. The summed E-state index contributed by atoms with van der Waals surface area (Å²) in [5.74, 6) is 0.169. The second-order valence-corrected chi connectivity index (χ2v) is 4.48. The Morgan fingerprint density at radius 2 is 1.95 bits per heavy atom. The van der Waals surface area contributed by atoms with E-state index in [-0.39, 0.29) is 31.0 Å². The lowest BCUT2D eigenvalue weighted by Gasteiger charge is -2.17. The standard InChI is InChI=1S/C14H21N3O3/c1-10-5-3-4-6-12(10)20-11(2)8-16-14(19)9-17-13(18)7-15/h3-6,11H,7-9,15H2,1-2H3,(H,16,19)(H,17,18). The van der Waals surface area contributed by atoms with E-state index in [9.17, 15) is 9.59 Å². The molecule has 1 unspecified atom stereocenters. The highest BCUT2D eigenvalue weighted by atomic mass is 16.5. The average molecular weight is 279 g/mol. The van der Waals surface area contributed by atoms with Gasteiger partial charge in [-0.25, -0.2) is 0 Å². The van der Waals surface area contributed by atoms with Crippen LogP contribution in [0, 0.1) is 6.92 Å². The maximum atomic E-state index is 11.5. The van der Waals surface area contributed by atoms with Gasteiger partial charge in [0, 0.05) is 0 Å². The summed E-state index contributed by atoms with van der Waals surface area (Å²) in [5, 5.41) is 5.08. The molecule has 0 spiro atoms. The van der Waals surface area contributed by atoms with Gasteiger partial charge < -0.3 is 21.1 Å². The molecule has 0 aliphatic heterocycles. The number of carbonyl (C=O) groups excluding carboxylic acids is 2. The van der Waals surface area contributed by atoms with Crippen molar-refractivity contribution in [2.75, 3.05) is 19.6 Å². The monoisotopic (exact) mass is 279 g/mol. The van der Waals surface area contributed by atoms with Crippen LogP contribution in [0.1, 0.15) is 12.5 Å². The van der Waals surface area contributed by atoms with Gasteiger partial charge in [-0.05, 0) is 25.5 Å². The first kappa shape index (κ1) is 16.0. The van der Waals surface area contributed by atoms with Crippen molar-refractivity contribution in [3.8, 4) is 5.75 Å². The Balaban J connectivity index is 2.29. The number of hydrogen-bond acceptors (Lipinski definition) is 4. The zero-order chi connectivity index (χ0) is 15.0. The molecule has 1 aromatic carbocycles. The molecule has 6 nitrogen and oxygen atoms in total. The van der Waals surface area contributed by atoms with Gasteiger partial charge >= 0.3 is 0 Å². The topological polar surface area (TPSA) is 93.5 Å². The van der Waals surface area contributed by atoms with E-state index in [0.717, 1.165) is 11.3 Å². The highest BCUT2D eigenvalue weighted by Crippen LogP contribution is 2.17. The van der Waals surface area contributed by atoms with Crippen LogP contribution in [0.5, 0.6) is 5.75 Å². The van der Waals surface area contributed by atoms with Crippen LogP contribution in [0.25, 0.3) is 0 Å². The smallest absolute Gasteiger partial charge is 0.239 e. The largest absolute Gasteiger partial charge is 0.489 e. The Bertz CT molecular complexity index is 463. The van der Waals surface area contributed by atoms with Crippen LogP contribution in [0.15, 0.2) is 24.3 Å². The molecule has 1 atom stereocenters. The number of aryl methyl sites for hydroxylation is 1. The summed E-state index contributed by atoms with van der Waals surface area (Å²) < 4.78 is 5.72. The summed E-state index contributed by atoms with van der Waals surface area (Å²) in [7, 11) is 0. The summed E-state index contributed by atoms with van der Waals surface area (Å²) in [4.78, 5) is 22.4. The molecule has 20 heavy (non-hydrogen) atoms. The van der Waals surface area contributed by atoms with Gasteiger partial charge in [-0.3, -0.25) is 9.59 Å². The van der Waals surface area contributed by atoms with Crippen molar-refractivity contribution in [2.24, 2.45) is 5.73 Å². The molecule has 0 heterocycles. The van der Waals surface area contributed by atoms with E-state index >= 15 is 0 Å². The lowest BCUT2D eigenvalue weighted by atomic mass is 10.2. The van der Waals surface area contributed by atoms with Crippen LogP contribution < -0.4 is 21.1 Å². The maximum Gasteiger partial charge on any atom is 0.239 e. The highest BCUT2D eigenvalue weighted by molar-refractivity contribution is 5.85. The fraction of sp³-hybridized carbons (Fsp3) is 0.429. The van der Waals surface area contributed by atoms with Crippen molar-refractivity contribution in [1.29, 1.82) is 0 Å². The van der Waals surface area contributed by atoms with Crippen molar-refractivity contribution in [3.63, 3.8) is 0 Å². The zero-order valence-electron chi connectivity index (χ0n) is 11.8. The van der Waals surface area contributed by atoms with Crippen LogP contribution in [-0.4, -0.2) is 37.6 Å². The van der Waals surface area contributed by atoms with Gasteiger partial charge in [0.25, 0.3) is 0 Å². The maximum absolute atomic E-state index is 11.5. The fourth-order valence-electron chi connectivity index (χ4n) is 1.52. The first-order valence-electron chi connectivity index (χ1n) is 6.48. The molecule has 0 aromatic heterocycles. The average Bonchev–Trinajstić information content (AvgIpc) is 2.45. The van der Waals surface area contributed by atoms with Gasteiger partial charge in [0.05, 0.1) is 19.6 Å². The number of para-hydroxylation sites is 1. The van der Waals surface area contributed by atoms with Crippen LogP contribution >= 0.6 is 0 Å². The van der Waals surface area contributed by atoms with Gasteiger partial charge in [0.15, 0.2) is 0 Å².